The lowest BCUT2D eigenvalue weighted by Gasteiger charge is -2.10. The van der Waals surface area contributed by atoms with E-state index < -0.39 is 4.92 Å². The number of nitrogens with one attached hydrogen (secondary N) is 1. The highest BCUT2D eigenvalue weighted by molar-refractivity contribution is 8.00. The summed E-state index contributed by atoms with van der Waals surface area (Å²) < 4.78 is 4.67. The van der Waals surface area contributed by atoms with Gasteiger partial charge in [-0.3, -0.25) is 10.1 Å². The van der Waals surface area contributed by atoms with Crippen LogP contribution in [0.4, 0.5) is 11.4 Å². The van der Waals surface area contributed by atoms with Gasteiger partial charge in [-0.15, -0.1) is 11.8 Å². The first-order chi connectivity index (χ1) is 10.0. The third kappa shape index (κ3) is 3.42. The molecule has 2 aromatic rings. The highest BCUT2D eigenvalue weighted by Crippen LogP contribution is 2.39. The first-order valence-corrected chi connectivity index (χ1v) is 7.37. The maximum atomic E-state index is 11.3. The molecular weight excluding hydrogens is 296 g/mol. The molecule has 1 heterocycles. The van der Waals surface area contributed by atoms with Gasteiger partial charge >= 0.3 is 5.69 Å². The van der Waals surface area contributed by atoms with E-state index in [1.807, 2.05) is 13.8 Å². The summed E-state index contributed by atoms with van der Waals surface area (Å²) >= 11 is 1.53. The number of benzene rings is 1. The van der Waals surface area contributed by atoms with Gasteiger partial charge in [0.25, 0.3) is 0 Å². The Kier molecular flexibility index (Phi) is 4.97. The topological polar surface area (TPSA) is 114 Å². The van der Waals surface area contributed by atoms with Crippen LogP contribution >= 0.6 is 11.8 Å². The summed E-state index contributed by atoms with van der Waals surface area (Å²) in [7, 11) is 0. The maximum Gasteiger partial charge on any atom is 0.323 e. The van der Waals surface area contributed by atoms with Crippen LogP contribution < -0.4 is 5.32 Å². The minimum absolute atomic E-state index is 0.0160. The van der Waals surface area contributed by atoms with Crippen molar-refractivity contribution in [2.24, 2.45) is 0 Å². The highest BCUT2D eigenvalue weighted by Gasteiger charge is 2.26. The SMILES string of the molecule is CC(C)Sc1cc(NCCCO)c([N+](=O)[O-])c2nonc12. The van der Waals surface area contributed by atoms with Gasteiger partial charge < -0.3 is 10.4 Å². The van der Waals surface area contributed by atoms with Crippen molar-refractivity contribution in [3.05, 3.63) is 16.2 Å². The molecule has 2 rings (SSSR count). The summed E-state index contributed by atoms with van der Waals surface area (Å²) in [5, 5.41) is 30.8. The molecular formula is C12H16N4O4S. The normalized spacial score (nSPS) is 11.2. The Morgan fingerprint density at radius 1 is 1.48 bits per heavy atom. The molecule has 2 N–H and O–H groups in total. The molecule has 0 amide bonds. The van der Waals surface area contributed by atoms with Crippen molar-refractivity contribution in [3.63, 3.8) is 0 Å². The van der Waals surface area contributed by atoms with Crippen LogP contribution in [0.15, 0.2) is 15.6 Å². The van der Waals surface area contributed by atoms with Crippen molar-refractivity contribution < 1.29 is 14.7 Å². The van der Waals surface area contributed by atoms with E-state index in [9.17, 15) is 10.1 Å². The van der Waals surface area contributed by atoms with Gasteiger partial charge in [0.1, 0.15) is 5.69 Å². The first-order valence-electron chi connectivity index (χ1n) is 6.49. The molecule has 0 aliphatic carbocycles. The summed E-state index contributed by atoms with van der Waals surface area (Å²) in [6, 6.07) is 1.69. The minimum Gasteiger partial charge on any atom is -0.396 e. The quantitative estimate of drug-likeness (QED) is 0.347. The van der Waals surface area contributed by atoms with E-state index in [1.54, 1.807) is 6.07 Å². The molecule has 0 aliphatic heterocycles. The van der Waals surface area contributed by atoms with Gasteiger partial charge in [0, 0.05) is 23.3 Å². The Morgan fingerprint density at radius 2 is 2.19 bits per heavy atom. The summed E-state index contributed by atoms with van der Waals surface area (Å²) in [5.41, 5.74) is 0.738. The third-order valence-corrected chi connectivity index (χ3v) is 3.71. The number of fused-ring (bicyclic) bond motifs is 1. The standard InChI is InChI=1S/C12H16N4O4S/c1-7(2)21-9-6-8(13-4-3-5-17)12(16(18)19)11-10(9)14-20-15-11/h6-7,13,17H,3-5H2,1-2H3. The van der Waals surface area contributed by atoms with Crippen molar-refractivity contribution in [1.29, 1.82) is 0 Å². The van der Waals surface area contributed by atoms with Gasteiger partial charge in [0.05, 0.1) is 4.92 Å². The third-order valence-electron chi connectivity index (χ3n) is 2.67. The molecule has 0 bridgehead atoms. The fraction of sp³-hybridized carbons (Fsp3) is 0.500. The molecule has 0 radical (unpaired) electrons. The Hall–Kier alpha value is -1.87. The number of aromatic nitrogens is 2. The zero-order valence-electron chi connectivity index (χ0n) is 11.7. The van der Waals surface area contributed by atoms with E-state index in [4.69, 9.17) is 5.11 Å². The Labute approximate surface area is 125 Å². The lowest BCUT2D eigenvalue weighted by atomic mass is 10.2. The lowest BCUT2D eigenvalue weighted by molar-refractivity contribution is -0.382. The van der Waals surface area contributed by atoms with E-state index in [0.29, 0.717) is 24.2 Å². The fourth-order valence-corrected chi connectivity index (χ4v) is 2.81. The molecule has 8 nitrogen and oxygen atoms in total. The average molecular weight is 312 g/mol. The number of nitrogens with zero attached hydrogens (tertiary/aromatic N) is 3. The summed E-state index contributed by atoms with van der Waals surface area (Å²) in [4.78, 5) is 11.6. The van der Waals surface area contributed by atoms with Crippen LogP contribution in [0.2, 0.25) is 0 Å². The molecule has 0 saturated carbocycles. The minimum atomic E-state index is -0.502. The molecule has 0 atom stereocenters. The van der Waals surface area contributed by atoms with Gasteiger partial charge in [-0.2, -0.15) is 0 Å². The molecule has 1 aromatic carbocycles. The van der Waals surface area contributed by atoms with Crippen molar-refractivity contribution in [2.45, 2.75) is 30.4 Å². The average Bonchev–Trinajstić information content (AvgIpc) is 2.87. The second-order valence-electron chi connectivity index (χ2n) is 4.66. The van der Waals surface area contributed by atoms with Crippen LogP contribution in [0.5, 0.6) is 0 Å². The van der Waals surface area contributed by atoms with Crippen LogP contribution in [-0.4, -0.2) is 38.7 Å². The zero-order valence-corrected chi connectivity index (χ0v) is 12.5. The van der Waals surface area contributed by atoms with Crippen LogP contribution in [0.3, 0.4) is 0 Å². The van der Waals surface area contributed by atoms with Crippen molar-refractivity contribution in [3.8, 4) is 0 Å². The molecule has 9 heteroatoms. The number of anilines is 1. The number of thioether (sulfide) groups is 1. The van der Waals surface area contributed by atoms with Crippen LogP contribution in [0.1, 0.15) is 20.3 Å². The molecule has 0 fully saturated rings. The second kappa shape index (κ2) is 6.72. The smallest absolute Gasteiger partial charge is 0.323 e. The van der Waals surface area contributed by atoms with Crippen molar-refractivity contribution in [1.82, 2.24) is 10.3 Å². The number of nitro benzene ring substituents is 1. The Bertz CT molecular complexity index is 643. The van der Waals surface area contributed by atoms with Gasteiger partial charge in [-0.1, -0.05) is 13.8 Å². The molecule has 1 aromatic heterocycles. The molecule has 0 aliphatic rings. The number of aliphatic hydroxyl groups is 1. The molecule has 0 saturated heterocycles. The largest absolute Gasteiger partial charge is 0.396 e. The van der Waals surface area contributed by atoms with Gasteiger partial charge in [0.15, 0.2) is 5.52 Å². The number of aliphatic hydroxyl groups excluding tert-OH is 1. The predicted molar refractivity (Wildman–Crippen MR) is 79.6 cm³/mol. The molecule has 0 unspecified atom stereocenters. The Morgan fingerprint density at radius 3 is 2.81 bits per heavy atom. The number of rotatable bonds is 7. The van der Waals surface area contributed by atoms with Crippen molar-refractivity contribution >= 4 is 34.2 Å². The van der Waals surface area contributed by atoms with E-state index >= 15 is 0 Å². The van der Waals surface area contributed by atoms with Crippen molar-refractivity contribution in [2.75, 3.05) is 18.5 Å². The van der Waals surface area contributed by atoms with E-state index in [1.165, 1.54) is 11.8 Å². The van der Waals surface area contributed by atoms with Gasteiger partial charge in [-0.25, -0.2) is 4.63 Å². The fourth-order valence-electron chi connectivity index (χ4n) is 1.87. The van der Waals surface area contributed by atoms with Gasteiger partial charge in [-0.05, 0) is 22.8 Å². The number of hydrogen-bond acceptors (Lipinski definition) is 8. The van der Waals surface area contributed by atoms with Crippen LogP contribution in [-0.2, 0) is 0 Å². The van der Waals surface area contributed by atoms with E-state index in [2.05, 4.69) is 20.3 Å². The molecule has 114 valence electrons. The molecule has 0 spiro atoms. The number of nitro groups is 1. The molecule has 21 heavy (non-hydrogen) atoms. The maximum absolute atomic E-state index is 11.3. The van der Waals surface area contributed by atoms with Gasteiger partial charge in [0.2, 0.25) is 5.52 Å². The number of hydrogen-bond donors (Lipinski definition) is 2. The predicted octanol–water partition coefficient (Wildman–Crippen LogP) is 2.43. The Balaban J connectivity index is 2.52. The van der Waals surface area contributed by atoms with E-state index in [0.717, 1.165) is 4.90 Å². The summed E-state index contributed by atoms with van der Waals surface area (Å²) in [6.45, 7) is 4.48. The summed E-state index contributed by atoms with van der Waals surface area (Å²) in [5.74, 6) is 0. The first kappa shape index (κ1) is 15.5. The highest BCUT2D eigenvalue weighted by atomic mass is 32.2. The lowest BCUT2D eigenvalue weighted by Crippen LogP contribution is -2.06. The van der Waals surface area contributed by atoms with Crippen LogP contribution in [0, 0.1) is 10.1 Å². The van der Waals surface area contributed by atoms with E-state index in [-0.39, 0.29) is 23.1 Å². The van der Waals surface area contributed by atoms with Crippen LogP contribution in [0.25, 0.3) is 11.0 Å². The zero-order chi connectivity index (χ0) is 15.4. The second-order valence-corrected chi connectivity index (χ2v) is 6.28. The monoisotopic (exact) mass is 312 g/mol. The summed E-state index contributed by atoms with van der Waals surface area (Å²) in [6.07, 6.45) is 0.499.